The van der Waals surface area contributed by atoms with Crippen LogP contribution in [0.2, 0.25) is 0 Å². The molecule has 0 rings (SSSR count). The van der Waals surface area contributed by atoms with Gasteiger partial charge in [-0.25, -0.2) is 0 Å². The molecule has 0 fully saturated rings. The summed E-state index contributed by atoms with van der Waals surface area (Å²) in [5, 5.41) is 0. The Morgan fingerprint density at radius 3 is 1.07 bits per heavy atom. The molecular weight excluding hydrogens is 330 g/mol. The zero-order chi connectivity index (χ0) is 8.08. The number of halogens is 1. The van der Waals surface area contributed by atoms with Crippen molar-refractivity contribution in [3.8, 4) is 0 Å². The fourth-order valence-corrected chi connectivity index (χ4v) is 0. The summed E-state index contributed by atoms with van der Waals surface area (Å²) in [5.74, 6) is 0. The van der Waals surface area contributed by atoms with Crippen LogP contribution in [-0.2, 0) is 28.4 Å². The van der Waals surface area contributed by atoms with E-state index in [1.54, 1.807) is 0 Å². The molecule has 0 spiro atoms. The first-order valence-electron chi connectivity index (χ1n) is 1.35. The van der Waals surface area contributed by atoms with E-state index in [4.69, 9.17) is 31.6 Å². The summed E-state index contributed by atoms with van der Waals surface area (Å²) in [6, 6.07) is 0. The van der Waals surface area contributed by atoms with E-state index < -0.39 is 19.6 Å². The van der Waals surface area contributed by atoms with E-state index in [0.717, 1.165) is 0 Å². The summed E-state index contributed by atoms with van der Waals surface area (Å²) in [6.45, 7) is 0. The first kappa shape index (κ1) is 43.6. The SMILES string of the molecule is Cl.O=S(=O)(O)O.O=[Si](O)O.[Al+3].[Ca+2].[Na+].[S-2]. The van der Waals surface area contributed by atoms with Crippen molar-refractivity contribution in [2.24, 2.45) is 0 Å². The number of hydrogen-bond acceptors (Lipinski definition) is 3. The summed E-state index contributed by atoms with van der Waals surface area (Å²) >= 11 is 0. The van der Waals surface area contributed by atoms with Crippen LogP contribution < -0.4 is 29.6 Å². The molecule has 0 atom stereocenters. The van der Waals surface area contributed by atoms with Crippen molar-refractivity contribution >= 4 is 101 Å². The molecule has 0 aliphatic heterocycles. The van der Waals surface area contributed by atoms with Crippen LogP contribution in [-0.4, -0.2) is 91.4 Å². The van der Waals surface area contributed by atoms with Crippen LogP contribution in [0.4, 0.5) is 0 Å². The van der Waals surface area contributed by atoms with Crippen molar-refractivity contribution in [3.05, 3.63) is 0 Å². The van der Waals surface area contributed by atoms with E-state index >= 15 is 0 Å². The Morgan fingerprint density at radius 2 is 1.07 bits per heavy atom. The van der Waals surface area contributed by atoms with Gasteiger partial charge < -0.3 is 23.1 Å². The number of rotatable bonds is 0. The average Bonchev–Trinajstić information content (AvgIpc) is 1.19. The van der Waals surface area contributed by atoms with Gasteiger partial charge >= 0.3 is 104 Å². The van der Waals surface area contributed by atoms with Crippen LogP contribution in [0, 0.1) is 0 Å². The largest absolute Gasteiger partial charge is 3.00 e. The van der Waals surface area contributed by atoms with Crippen molar-refractivity contribution < 1.29 is 61.1 Å². The van der Waals surface area contributed by atoms with E-state index in [-0.39, 0.29) is 111 Å². The molecule has 0 bridgehead atoms. The minimum absolute atomic E-state index is 0. The molecule has 14 heavy (non-hydrogen) atoms. The Bertz CT molecular complexity index is 174. The quantitative estimate of drug-likeness (QED) is 0.256. The van der Waals surface area contributed by atoms with Gasteiger partial charge in [0.2, 0.25) is 0 Å². The van der Waals surface area contributed by atoms with E-state index in [9.17, 15) is 0 Å². The second kappa shape index (κ2) is 24.9. The average molecular weight is 335 g/mol. The molecule has 14 heteroatoms. The Labute approximate surface area is 159 Å². The standard InChI is InChI=1S/Al.Ca.ClH.Na.H2O4S.H2O3Si.S/c;;;;1-5(2,3)4;1-4(2)3;/h;;1H;;(H2,1,2,3,4);1-2H;/q+3;+2;;+1;;;-2. The minimum atomic E-state index is -4.67. The van der Waals surface area contributed by atoms with Crippen molar-refractivity contribution in [2.75, 3.05) is 0 Å². The van der Waals surface area contributed by atoms with Crippen LogP contribution in [0.1, 0.15) is 0 Å². The van der Waals surface area contributed by atoms with E-state index in [2.05, 4.69) is 0 Å². The van der Waals surface area contributed by atoms with Crippen LogP contribution in [0.3, 0.4) is 0 Å². The molecule has 0 aliphatic carbocycles. The predicted octanol–water partition coefficient (Wildman–Crippen LogP) is -5.60. The summed E-state index contributed by atoms with van der Waals surface area (Å²) in [5.41, 5.74) is 0. The molecule has 4 N–H and O–H groups in total. The predicted molar refractivity (Wildman–Crippen MR) is 51.2 cm³/mol. The normalized spacial score (nSPS) is 5.86. The van der Waals surface area contributed by atoms with E-state index in [1.807, 2.05) is 0 Å². The van der Waals surface area contributed by atoms with Gasteiger partial charge in [-0.15, -0.1) is 12.4 Å². The first-order valence-corrected chi connectivity index (χ1v) is 4.05. The molecule has 0 aromatic heterocycles. The third-order valence-corrected chi connectivity index (χ3v) is 0. The summed E-state index contributed by atoms with van der Waals surface area (Å²) in [7, 11) is -7.80. The number of hydrogen-bond donors (Lipinski definition) is 4. The Kier molecular flexibility index (Phi) is 77.6. The molecule has 0 radical (unpaired) electrons. The molecule has 0 saturated carbocycles. The minimum Gasteiger partial charge on any atom is -2.00 e. The molecule has 7 nitrogen and oxygen atoms in total. The molecule has 72 valence electrons. The topological polar surface area (TPSA) is 132 Å². The summed E-state index contributed by atoms with van der Waals surface area (Å²) in [6.07, 6.45) is 0. The van der Waals surface area contributed by atoms with Gasteiger partial charge in [-0.05, 0) is 0 Å². The van der Waals surface area contributed by atoms with Crippen LogP contribution in [0.5, 0.6) is 0 Å². The third kappa shape index (κ3) is 339. The fourth-order valence-electron chi connectivity index (χ4n) is 0. The maximum atomic E-state index is 8.74. The first-order chi connectivity index (χ1) is 3.73. The second-order valence-corrected chi connectivity index (χ2v) is 2.19. The summed E-state index contributed by atoms with van der Waals surface area (Å²) in [4.78, 5) is 14.3. The maximum Gasteiger partial charge on any atom is 3.00 e. The van der Waals surface area contributed by atoms with Crippen LogP contribution in [0.15, 0.2) is 0 Å². The third-order valence-electron chi connectivity index (χ3n) is 0. The van der Waals surface area contributed by atoms with Gasteiger partial charge in [-0.3, -0.25) is 13.6 Å². The molecule has 0 aromatic carbocycles. The van der Waals surface area contributed by atoms with E-state index in [0.29, 0.717) is 0 Å². The van der Waals surface area contributed by atoms with Gasteiger partial charge in [0.25, 0.3) is 0 Å². The van der Waals surface area contributed by atoms with Gasteiger partial charge in [0.05, 0.1) is 0 Å². The fraction of sp³-hybridized carbons (Fsp3) is 0. The molecular formula is H5AlCaClNaO7S2Si+4. The van der Waals surface area contributed by atoms with Gasteiger partial charge in [-0.1, -0.05) is 0 Å². The zero-order valence-corrected chi connectivity index (χ0v) is 15.8. The Hall–Kier alpha value is 2.92. The smallest absolute Gasteiger partial charge is 2.00 e. The molecule has 0 unspecified atom stereocenters. The Balaban J connectivity index is -0.0000000104. The van der Waals surface area contributed by atoms with Crippen LogP contribution in [0.25, 0.3) is 0 Å². The molecule has 0 saturated heterocycles. The second-order valence-electron chi connectivity index (χ2n) is 0.730. The monoisotopic (exact) mass is 334 g/mol. The van der Waals surface area contributed by atoms with Crippen molar-refractivity contribution in [1.29, 1.82) is 0 Å². The molecule has 0 aromatic rings. The summed E-state index contributed by atoms with van der Waals surface area (Å²) < 4.78 is 40.3. The van der Waals surface area contributed by atoms with Crippen molar-refractivity contribution in [3.63, 3.8) is 0 Å². The van der Waals surface area contributed by atoms with Crippen molar-refractivity contribution in [1.82, 2.24) is 0 Å². The van der Waals surface area contributed by atoms with Gasteiger partial charge in [0.15, 0.2) is 0 Å². The van der Waals surface area contributed by atoms with E-state index in [1.165, 1.54) is 0 Å². The van der Waals surface area contributed by atoms with Gasteiger partial charge in [0.1, 0.15) is 0 Å². The zero-order valence-electron chi connectivity index (χ0n) is 7.02. The maximum absolute atomic E-state index is 8.74. The van der Waals surface area contributed by atoms with Gasteiger partial charge in [-0.2, -0.15) is 8.42 Å². The van der Waals surface area contributed by atoms with Crippen LogP contribution >= 0.6 is 12.4 Å². The molecule has 0 amide bonds. The molecule has 0 aliphatic rings. The Morgan fingerprint density at radius 1 is 1.07 bits per heavy atom. The molecule has 0 heterocycles. The van der Waals surface area contributed by atoms with Crippen molar-refractivity contribution in [2.45, 2.75) is 0 Å². The van der Waals surface area contributed by atoms with Gasteiger partial charge in [0, 0.05) is 0 Å².